The molecular weight excluding hydrogens is 707 g/mol. The number of carbonyl (C=O) groups excluding carboxylic acids is 2. The van der Waals surface area contributed by atoms with Crippen molar-refractivity contribution in [2.45, 2.75) is 225 Å². The van der Waals surface area contributed by atoms with Gasteiger partial charge < -0.3 is 24.6 Å². The molecule has 320 valence electrons. The SMILES string of the molecule is CCCC/C=C/CCCCCCCCCCCC(=O)OC[C@H](COP(=O)(O)OC[C@@H](O)CO)OC(=O)CCCCCCCCCCCCCCCCCC. The van der Waals surface area contributed by atoms with Crippen LogP contribution in [0.3, 0.4) is 0 Å². The highest BCUT2D eigenvalue weighted by molar-refractivity contribution is 7.47. The zero-order valence-corrected chi connectivity index (χ0v) is 35.6. The topological polar surface area (TPSA) is 149 Å². The standard InChI is InChI=1S/C43H83O10P/c1-3-5-7-9-11-13-15-17-19-21-23-25-27-29-31-33-35-43(47)53-41(39-52-54(48,49)51-37-40(45)36-44)38-50-42(46)34-32-30-28-26-24-22-20-18-16-14-12-10-8-6-4-2/h10,12,40-41,44-45H,3-9,11,13-39H2,1-2H3,(H,48,49)/b12-10+/t40-,41+/m0/s1. The molecule has 10 nitrogen and oxygen atoms in total. The molecule has 0 aliphatic heterocycles. The van der Waals surface area contributed by atoms with Gasteiger partial charge in [-0.1, -0.05) is 180 Å². The molecule has 0 spiro atoms. The number of ether oxygens (including phenoxy) is 2. The first-order chi connectivity index (χ1) is 26.2. The quantitative estimate of drug-likeness (QED) is 0.0236. The summed E-state index contributed by atoms with van der Waals surface area (Å²) in [5.74, 6) is -0.916. The maximum atomic E-state index is 12.6. The van der Waals surface area contributed by atoms with E-state index in [2.05, 4.69) is 26.0 Å². The minimum atomic E-state index is -4.61. The Hall–Kier alpha value is -1.29. The average Bonchev–Trinajstić information content (AvgIpc) is 3.16. The van der Waals surface area contributed by atoms with Gasteiger partial charge in [-0.25, -0.2) is 4.57 Å². The third kappa shape index (κ3) is 39.0. The average molecular weight is 791 g/mol. The zero-order chi connectivity index (χ0) is 39.8. The van der Waals surface area contributed by atoms with Crippen LogP contribution in [-0.2, 0) is 32.7 Å². The molecule has 0 aromatic carbocycles. The molecule has 3 atom stereocenters. The normalized spacial score (nSPS) is 13.9. The van der Waals surface area contributed by atoms with Crippen molar-refractivity contribution in [1.82, 2.24) is 0 Å². The lowest BCUT2D eigenvalue weighted by Gasteiger charge is -2.20. The Labute approximate surface area is 330 Å². The van der Waals surface area contributed by atoms with Crippen LogP contribution >= 0.6 is 7.82 Å². The largest absolute Gasteiger partial charge is 0.472 e. The molecule has 0 heterocycles. The number of aliphatic hydroxyl groups is 2. The lowest BCUT2D eigenvalue weighted by molar-refractivity contribution is -0.161. The Bertz CT molecular complexity index is 915. The molecule has 54 heavy (non-hydrogen) atoms. The Balaban J connectivity index is 4.25. The summed E-state index contributed by atoms with van der Waals surface area (Å²) in [7, 11) is -4.61. The van der Waals surface area contributed by atoms with Crippen LogP contribution in [-0.4, -0.2) is 65.7 Å². The van der Waals surface area contributed by atoms with Crippen LogP contribution in [0.25, 0.3) is 0 Å². The van der Waals surface area contributed by atoms with Crippen molar-refractivity contribution in [1.29, 1.82) is 0 Å². The molecule has 0 aromatic rings. The maximum Gasteiger partial charge on any atom is 0.472 e. The molecule has 11 heteroatoms. The fraction of sp³-hybridized carbons (Fsp3) is 0.907. The third-order valence-electron chi connectivity index (χ3n) is 9.67. The second-order valence-electron chi connectivity index (χ2n) is 15.1. The minimum Gasteiger partial charge on any atom is -0.462 e. The van der Waals surface area contributed by atoms with Crippen LogP contribution in [0.1, 0.15) is 213 Å². The molecular formula is C43H83O10P. The Morgan fingerprint density at radius 2 is 0.926 bits per heavy atom. The van der Waals surface area contributed by atoms with E-state index in [4.69, 9.17) is 23.6 Å². The van der Waals surface area contributed by atoms with Crippen molar-refractivity contribution in [2.75, 3.05) is 26.4 Å². The number of allylic oxidation sites excluding steroid dienone is 2. The highest BCUT2D eigenvalue weighted by atomic mass is 31.2. The van der Waals surface area contributed by atoms with Crippen LogP contribution in [0, 0.1) is 0 Å². The summed E-state index contributed by atoms with van der Waals surface area (Å²) < 4.78 is 32.7. The van der Waals surface area contributed by atoms with Crippen molar-refractivity contribution in [3.63, 3.8) is 0 Å². The van der Waals surface area contributed by atoms with Crippen molar-refractivity contribution in [2.24, 2.45) is 0 Å². The zero-order valence-electron chi connectivity index (χ0n) is 34.7. The number of hydrogen-bond donors (Lipinski definition) is 3. The molecule has 0 saturated heterocycles. The molecule has 0 saturated carbocycles. The van der Waals surface area contributed by atoms with Gasteiger partial charge in [-0.3, -0.25) is 18.6 Å². The number of phosphoric acid groups is 1. The maximum absolute atomic E-state index is 12.6. The van der Waals surface area contributed by atoms with Crippen molar-refractivity contribution in [3.05, 3.63) is 12.2 Å². The second kappa shape index (κ2) is 39.9. The van der Waals surface area contributed by atoms with E-state index in [9.17, 15) is 24.2 Å². The number of aliphatic hydroxyl groups excluding tert-OH is 2. The van der Waals surface area contributed by atoms with Gasteiger partial charge in [0.15, 0.2) is 6.10 Å². The summed E-state index contributed by atoms with van der Waals surface area (Å²) in [4.78, 5) is 35.0. The number of hydrogen-bond acceptors (Lipinski definition) is 9. The molecule has 3 N–H and O–H groups in total. The van der Waals surface area contributed by atoms with E-state index in [1.807, 2.05) is 0 Å². The summed E-state index contributed by atoms with van der Waals surface area (Å²) >= 11 is 0. The third-order valence-corrected chi connectivity index (χ3v) is 10.6. The monoisotopic (exact) mass is 791 g/mol. The van der Waals surface area contributed by atoms with Gasteiger partial charge in [0, 0.05) is 12.8 Å². The summed E-state index contributed by atoms with van der Waals surface area (Å²) in [6, 6.07) is 0. The Morgan fingerprint density at radius 3 is 1.39 bits per heavy atom. The van der Waals surface area contributed by atoms with Gasteiger partial charge in [0.1, 0.15) is 12.7 Å². The Kier molecular flexibility index (Phi) is 39.0. The van der Waals surface area contributed by atoms with Crippen LogP contribution < -0.4 is 0 Å². The number of unbranched alkanes of at least 4 members (excludes halogenated alkanes) is 26. The van der Waals surface area contributed by atoms with Crippen molar-refractivity contribution < 1.29 is 47.8 Å². The van der Waals surface area contributed by atoms with E-state index in [0.29, 0.717) is 12.8 Å². The number of phosphoric ester groups is 1. The lowest BCUT2D eigenvalue weighted by atomic mass is 10.0. The highest BCUT2D eigenvalue weighted by Gasteiger charge is 2.27. The predicted octanol–water partition coefficient (Wildman–Crippen LogP) is 11.6. The molecule has 0 rings (SSSR count). The molecule has 1 unspecified atom stereocenters. The van der Waals surface area contributed by atoms with Gasteiger partial charge in [0.25, 0.3) is 0 Å². The van der Waals surface area contributed by atoms with Gasteiger partial charge in [0.05, 0.1) is 19.8 Å². The van der Waals surface area contributed by atoms with E-state index >= 15 is 0 Å². The van der Waals surface area contributed by atoms with Crippen molar-refractivity contribution >= 4 is 19.8 Å². The van der Waals surface area contributed by atoms with Gasteiger partial charge in [-0.2, -0.15) is 0 Å². The minimum absolute atomic E-state index is 0.190. The molecule has 0 fully saturated rings. The highest BCUT2D eigenvalue weighted by Crippen LogP contribution is 2.43. The summed E-state index contributed by atoms with van der Waals surface area (Å²) in [6.07, 6.45) is 37.4. The lowest BCUT2D eigenvalue weighted by Crippen LogP contribution is -2.29. The second-order valence-corrected chi connectivity index (χ2v) is 16.5. The molecule has 0 aromatic heterocycles. The van der Waals surface area contributed by atoms with Crippen LogP contribution in [0.5, 0.6) is 0 Å². The number of esters is 2. The van der Waals surface area contributed by atoms with Gasteiger partial charge in [-0.15, -0.1) is 0 Å². The van der Waals surface area contributed by atoms with Gasteiger partial charge in [0.2, 0.25) is 0 Å². The molecule has 0 bridgehead atoms. The van der Waals surface area contributed by atoms with Crippen LogP contribution in [0.2, 0.25) is 0 Å². The number of carbonyl (C=O) groups is 2. The van der Waals surface area contributed by atoms with Gasteiger partial charge in [-0.05, 0) is 32.1 Å². The summed E-state index contributed by atoms with van der Waals surface area (Å²) in [5, 5.41) is 18.3. The first-order valence-electron chi connectivity index (χ1n) is 22.1. The molecule has 0 amide bonds. The van der Waals surface area contributed by atoms with E-state index in [1.165, 1.54) is 135 Å². The molecule has 0 aliphatic carbocycles. The van der Waals surface area contributed by atoms with E-state index in [0.717, 1.165) is 38.5 Å². The van der Waals surface area contributed by atoms with Gasteiger partial charge >= 0.3 is 19.8 Å². The predicted molar refractivity (Wildman–Crippen MR) is 219 cm³/mol. The summed E-state index contributed by atoms with van der Waals surface area (Å²) in [5.41, 5.74) is 0. The molecule has 0 aliphatic rings. The summed E-state index contributed by atoms with van der Waals surface area (Å²) in [6.45, 7) is 2.38. The van der Waals surface area contributed by atoms with Crippen LogP contribution in [0.15, 0.2) is 12.2 Å². The molecule has 0 radical (unpaired) electrons. The van der Waals surface area contributed by atoms with Crippen LogP contribution in [0.4, 0.5) is 0 Å². The van der Waals surface area contributed by atoms with Crippen molar-refractivity contribution in [3.8, 4) is 0 Å². The van der Waals surface area contributed by atoms with E-state index < -0.39 is 51.8 Å². The van der Waals surface area contributed by atoms with E-state index in [1.54, 1.807) is 0 Å². The Morgan fingerprint density at radius 1 is 0.537 bits per heavy atom. The number of rotatable bonds is 42. The fourth-order valence-electron chi connectivity index (χ4n) is 6.21. The first kappa shape index (κ1) is 52.7. The first-order valence-corrected chi connectivity index (χ1v) is 23.6. The smallest absolute Gasteiger partial charge is 0.462 e. The fourth-order valence-corrected chi connectivity index (χ4v) is 7.00. The van der Waals surface area contributed by atoms with E-state index in [-0.39, 0.29) is 19.4 Å².